The molecule has 0 unspecified atom stereocenters. The number of rotatable bonds is 3. The fourth-order valence-corrected chi connectivity index (χ4v) is 3.26. The largest absolute Gasteiger partial charge is 0.368 e. The third-order valence-corrected chi connectivity index (χ3v) is 4.80. The number of halogens is 1. The van der Waals surface area contributed by atoms with Gasteiger partial charge in [-0.3, -0.25) is 9.69 Å². The molecule has 0 aliphatic carbocycles. The summed E-state index contributed by atoms with van der Waals surface area (Å²) in [6.45, 7) is 8.58. The Morgan fingerprint density at radius 3 is 2.52 bits per heavy atom. The molecule has 0 spiro atoms. The van der Waals surface area contributed by atoms with Crippen LogP contribution in [0, 0.1) is 5.82 Å². The molecule has 2 aliphatic rings. The fraction of sp³-hybridized carbons (Fsp3) is 0.588. The van der Waals surface area contributed by atoms with E-state index in [2.05, 4.69) is 22.0 Å². The van der Waals surface area contributed by atoms with Crippen molar-refractivity contribution in [3.8, 4) is 0 Å². The molecule has 1 aromatic carbocycles. The number of nitrogens with one attached hydrogen (secondary N) is 1. The number of anilines is 1. The van der Waals surface area contributed by atoms with Crippen molar-refractivity contribution in [1.29, 1.82) is 0 Å². The molecule has 23 heavy (non-hydrogen) atoms. The number of piperazine rings is 2. The predicted molar refractivity (Wildman–Crippen MR) is 89.1 cm³/mol. The molecule has 2 aliphatic heterocycles. The van der Waals surface area contributed by atoms with Crippen molar-refractivity contribution in [3.05, 3.63) is 30.1 Å². The molecular weight excluding hydrogens is 295 g/mol. The number of hydrogen-bond acceptors (Lipinski definition) is 4. The zero-order chi connectivity index (χ0) is 16.2. The first-order valence-electron chi connectivity index (χ1n) is 8.36. The van der Waals surface area contributed by atoms with Gasteiger partial charge in [-0.1, -0.05) is 0 Å². The van der Waals surface area contributed by atoms with Crippen LogP contribution >= 0.6 is 0 Å². The highest BCUT2D eigenvalue weighted by molar-refractivity contribution is 5.78. The number of carbonyl (C=O) groups excluding carboxylic acids is 1. The molecule has 1 aromatic rings. The molecule has 1 atom stereocenters. The van der Waals surface area contributed by atoms with Gasteiger partial charge in [0.25, 0.3) is 0 Å². The number of carbonyl (C=O) groups is 1. The maximum Gasteiger partial charge on any atom is 0.236 e. The van der Waals surface area contributed by atoms with Crippen molar-refractivity contribution in [3.63, 3.8) is 0 Å². The van der Waals surface area contributed by atoms with E-state index >= 15 is 0 Å². The summed E-state index contributed by atoms with van der Waals surface area (Å²) in [5.41, 5.74) is 1.02. The second-order valence-corrected chi connectivity index (χ2v) is 6.37. The Labute approximate surface area is 137 Å². The van der Waals surface area contributed by atoms with Crippen molar-refractivity contribution in [2.75, 3.05) is 57.3 Å². The average Bonchev–Trinajstić information content (AvgIpc) is 2.58. The minimum atomic E-state index is -0.215. The van der Waals surface area contributed by atoms with Crippen LogP contribution in [0.4, 0.5) is 10.1 Å². The highest BCUT2D eigenvalue weighted by Gasteiger charge is 2.25. The molecule has 1 amide bonds. The molecule has 3 rings (SSSR count). The van der Waals surface area contributed by atoms with E-state index in [9.17, 15) is 9.18 Å². The van der Waals surface area contributed by atoms with Gasteiger partial charge >= 0.3 is 0 Å². The van der Waals surface area contributed by atoms with Crippen LogP contribution in [0.3, 0.4) is 0 Å². The summed E-state index contributed by atoms with van der Waals surface area (Å²) in [7, 11) is 0. The maximum atomic E-state index is 13.0. The van der Waals surface area contributed by atoms with E-state index in [0.29, 0.717) is 12.6 Å². The summed E-state index contributed by atoms with van der Waals surface area (Å²) >= 11 is 0. The quantitative estimate of drug-likeness (QED) is 0.893. The van der Waals surface area contributed by atoms with E-state index in [-0.39, 0.29) is 11.7 Å². The summed E-state index contributed by atoms with van der Waals surface area (Å²) in [5, 5.41) is 3.35. The molecule has 126 valence electrons. The summed E-state index contributed by atoms with van der Waals surface area (Å²) < 4.78 is 13.0. The van der Waals surface area contributed by atoms with E-state index in [1.807, 2.05) is 4.90 Å². The number of benzene rings is 1. The molecule has 1 N–H and O–H groups in total. The molecule has 5 nitrogen and oxygen atoms in total. The van der Waals surface area contributed by atoms with E-state index in [1.54, 1.807) is 12.1 Å². The zero-order valence-electron chi connectivity index (χ0n) is 13.7. The van der Waals surface area contributed by atoms with E-state index < -0.39 is 0 Å². The molecule has 2 saturated heterocycles. The molecule has 0 saturated carbocycles. The molecule has 0 radical (unpaired) electrons. The molecule has 0 bridgehead atoms. The van der Waals surface area contributed by atoms with Crippen LogP contribution in [0.25, 0.3) is 0 Å². The van der Waals surface area contributed by atoms with Crippen LogP contribution < -0.4 is 10.2 Å². The highest BCUT2D eigenvalue weighted by Crippen LogP contribution is 2.17. The summed E-state index contributed by atoms with van der Waals surface area (Å²) in [6, 6.07) is 6.98. The van der Waals surface area contributed by atoms with Crippen LogP contribution in [0.1, 0.15) is 6.92 Å². The van der Waals surface area contributed by atoms with Crippen molar-refractivity contribution in [2.45, 2.75) is 13.0 Å². The Bertz CT molecular complexity index is 528. The molecule has 0 aromatic heterocycles. The lowest BCUT2D eigenvalue weighted by Crippen LogP contribution is -2.55. The van der Waals surface area contributed by atoms with Crippen molar-refractivity contribution < 1.29 is 9.18 Å². The van der Waals surface area contributed by atoms with Crippen molar-refractivity contribution in [2.24, 2.45) is 0 Å². The van der Waals surface area contributed by atoms with Crippen LogP contribution in [0.2, 0.25) is 0 Å². The smallest absolute Gasteiger partial charge is 0.236 e. The molecule has 2 fully saturated rings. The van der Waals surface area contributed by atoms with Gasteiger partial charge in [-0.15, -0.1) is 0 Å². The number of nitrogens with zero attached hydrogens (tertiary/aromatic N) is 3. The van der Waals surface area contributed by atoms with Gasteiger partial charge in [0.1, 0.15) is 5.82 Å². The van der Waals surface area contributed by atoms with Gasteiger partial charge in [-0.25, -0.2) is 4.39 Å². The summed E-state index contributed by atoms with van der Waals surface area (Å²) in [5.74, 6) is 0.00483. The Balaban J connectivity index is 1.50. The van der Waals surface area contributed by atoms with Gasteiger partial charge in [0.05, 0.1) is 6.54 Å². The van der Waals surface area contributed by atoms with Gasteiger partial charge in [0.15, 0.2) is 0 Å². The standard InChI is InChI=1S/C17H25FN4O/c1-14-12-19-6-7-22(14)13-17(23)21-10-8-20(9-11-21)16-4-2-15(18)3-5-16/h2-5,14,19H,6-13H2,1H3/t14-/m1/s1. The number of hydrogen-bond donors (Lipinski definition) is 1. The minimum absolute atomic E-state index is 0.215. The van der Waals surface area contributed by atoms with Crippen LogP contribution in [-0.4, -0.2) is 74.1 Å². The van der Waals surface area contributed by atoms with Gasteiger partial charge < -0.3 is 15.1 Å². The second kappa shape index (κ2) is 7.27. The number of amides is 1. The van der Waals surface area contributed by atoms with E-state index in [1.165, 1.54) is 12.1 Å². The first kappa shape index (κ1) is 16.2. The van der Waals surface area contributed by atoms with Crippen LogP contribution in [0.5, 0.6) is 0 Å². The fourth-order valence-electron chi connectivity index (χ4n) is 3.26. The minimum Gasteiger partial charge on any atom is -0.368 e. The van der Waals surface area contributed by atoms with E-state index in [0.717, 1.165) is 51.5 Å². The molecule has 6 heteroatoms. The average molecular weight is 320 g/mol. The third kappa shape index (κ3) is 4.00. The maximum absolute atomic E-state index is 13.0. The van der Waals surface area contributed by atoms with Crippen molar-refractivity contribution >= 4 is 11.6 Å². The Morgan fingerprint density at radius 2 is 1.87 bits per heavy atom. The first-order valence-corrected chi connectivity index (χ1v) is 8.36. The summed E-state index contributed by atoms with van der Waals surface area (Å²) in [4.78, 5) is 18.9. The highest BCUT2D eigenvalue weighted by atomic mass is 19.1. The Kier molecular flexibility index (Phi) is 5.13. The van der Waals surface area contributed by atoms with Gasteiger partial charge in [0, 0.05) is 57.5 Å². The lowest BCUT2D eigenvalue weighted by atomic mass is 10.2. The molecule has 2 heterocycles. The normalized spacial score (nSPS) is 23.1. The second-order valence-electron chi connectivity index (χ2n) is 6.37. The topological polar surface area (TPSA) is 38.8 Å². The Morgan fingerprint density at radius 1 is 1.17 bits per heavy atom. The Hall–Kier alpha value is -1.66. The third-order valence-electron chi connectivity index (χ3n) is 4.80. The lowest BCUT2D eigenvalue weighted by molar-refractivity contribution is -0.133. The van der Waals surface area contributed by atoms with Crippen LogP contribution in [-0.2, 0) is 4.79 Å². The first-order chi connectivity index (χ1) is 11.1. The van der Waals surface area contributed by atoms with Gasteiger partial charge in [-0.05, 0) is 31.2 Å². The lowest BCUT2D eigenvalue weighted by Gasteiger charge is -2.38. The van der Waals surface area contributed by atoms with Crippen molar-refractivity contribution in [1.82, 2.24) is 15.1 Å². The SMILES string of the molecule is C[C@@H]1CNCCN1CC(=O)N1CCN(c2ccc(F)cc2)CC1. The van der Waals surface area contributed by atoms with E-state index in [4.69, 9.17) is 0 Å². The molecular formula is C17H25FN4O. The monoisotopic (exact) mass is 320 g/mol. The predicted octanol–water partition coefficient (Wildman–Crippen LogP) is 0.768. The van der Waals surface area contributed by atoms with Gasteiger partial charge in [-0.2, -0.15) is 0 Å². The van der Waals surface area contributed by atoms with Gasteiger partial charge in [0.2, 0.25) is 5.91 Å². The zero-order valence-corrected chi connectivity index (χ0v) is 13.7. The summed E-state index contributed by atoms with van der Waals surface area (Å²) in [6.07, 6.45) is 0. The van der Waals surface area contributed by atoms with Crippen LogP contribution in [0.15, 0.2) is 24.3 Å².